The van der Waals surface area contributed by atoms with Crippen LogP contribution in [0.25, 0.3) is 5.57 Å². The molecule has 0 aliphatic heterocycles. The zero-order chi connectivity index (χ0) is 12.8. The van der Waals surface area contributed by atoms with E-state index in [0.29, 0.717) is 11.1 Å². The molecule has 1 rings (SSSR count). The molecule has 1 atom stereocenters. The zero-order valence-electron chi connectivity index (χ0n) is 10.1. The summed E-state index contributed by atoms with van der Waals surface area (Å²) in [7, 11) is 1.42. The van der Waals surface area contributed by atoms with Crippen LogP contribution in [0.4, 0.5) is 0 Å². The van der Waals surface area contributed by atoms with Crippen LogP contribution >= 0.6 is 0 Å². The van der Waals surface area contributed by atoms with Gasteiger partial charge in [-0.1, -0.05) is 12.1 Å². The van der Waals surface area contributed by atoms with Crippen LogP contribution in [-0.4, -0.2) is 18.3 Å². The highest BCUT2D eigenvalue weighted by atomic mass is 17.2. The lowest BCUT2D eigenvalue weighted by atomic mass is 9.99. The molecule has 0 radical (unpaired) electrons. The fourth-order valence-corrected chi connectivity index (χ4v) is 1.65. The van der Waals surface area contributed by atoms with Crippen molar-refractivity contribution in [1.82, 2.24) is 0 Å². The first-order chi connectivity index (χ1) is 8.10. The van der Waals surface area contributed by atoms with Gasteiger partial charge in [0.05, 0.1) is 24.5 Å². The second kappa shape index (κ2) is 6.04. The van der Waals surface area contributed by atoms with Crippen LogP contribution in [0, 0.1) is 11.3 Å². The van der Waals surface area contributed by atoms with Crippen LogP contribution < -0.4 is 0 Å². The van der Waals surface area contributed by atoms with Gasteiger partial charge >= 0.3 is 0 Å². The van der Waals surface area contributed by atoms with E-state index in [4.69, 9.17) is 10.1 Å². The molecule has 0 spiro atoms. The van der Waals surface area contributed by atoms with Gasteiger partial charge in [-0.05, 0) is 31.5 Å². The Kier molecular flexibility index (Phi) is 4.70. The molecule has 0 saturated carbocycles. The lowest BCUT2D eigenvalue weighted by molar-refractivity contribution is -0.287. The van der Waals surface area contributed by atoms with E-state index in [1.165, 1.54) is 7.11 Å². The van der Waals surface area contributed by atoms with E-state index in [1.807, 2.05) is 6.07 Å². The van der Waals surface area contributed by atoms with Crippen molar-refractivity contribution >= 4 is 5.57 Å². The fourth-order valence-electron chi connectivity index (χ4n) is 1.65. The number of nitrogens with zero attached hydrogens (tertiary/aromatic N) is 1. The van der Waals surface area contributed by atoms with E-state index in [-0.39, 0.29) is 5.76 Å². The topological polar surface area (TPSA) is 62.5 Å². The third-order valence-electron chi connectivity index (χ3n) is 2.36. The molecule has 17 heavy (non-hydrogen) atoms. The van der Waals surface area contributed by atoms with Gasteiger partial charge in [0, 0.05) is 5.57 Å². The quantitative estimate of drug-likeness (QED) is 0.493. The van der Waals surface area contributed by atoms with E-state index in [2.05, 4.69) is 4.89 Å². The highest BCUT2D eigenvalue weighted by molar-refractivity contribution is 5.70. The SMILES string of the molecule is COOC(C)/C(=C(/C)O)c1ccc(C#N)cc1. The second-order valence-electron chi connectivity index (χ2n) is 3.59. The van der Waals surface area contributed by atoms with Crippen LogP contribution in [0.5, 0.6) is 0 Å². The standard InChI is InChI=1S/C13H15NO3/c1-9(15)13(10(2)17-16-3)12-6-4-11(8-14)5-7-12/h4-7,10,15H,1-3H3/b13-9+. The van der Waals surface area contributed by atoms with Crippen molar-refractivity contribution in [2.45, 2.75) is 20.0 Å². The average molecular weight is 233 g/mol. The molecule has 4 heteroatoms. The van der Waals surface area contributed by atoms with Gasteiger partial charge in [-0.2, -0.15) is 5.26 Å². The van der Waals surface area contributed by atoms with Crippen molar-refractivity contribution in [1.29, 1.82) is 5.26 Å². The third-order valence-corrected chi connectivity index (χ3v) is 2.36. The maximum Gasteiger partial charge on any atom is 0.119 e. The summed E-state index contributed by atoms with van der Waals surface area (Å²) in [6, 6.07) is 8.96. The summed E-state index contributed by atoms with van der Waals surface area (Å²) in [4.78, 5) is 9.60. The van der Waals surface area contributed by atoms with E-state index < -0.39 is 6.10 Å². The van der Waals surface area contributed by atoms with E-state index in [1.54, 1.807) is 38.1 Å². The summed E-state index contributed by atoms with van der Waals surface area (Å²) >= 11 is 0. The molecule has 0 fully saturated rings. The first-order valence-electron chi connectivity index (χ1n) is 5.20. The highest BCUT2D eigenvalue weighted by Crippen LogP contribution is 2.23. The van der Waals surface area contributed by atoms with E-state index >= 15 is 0 Å². The number of benzene rings is 1. The van der Waals surface area contributed by atoms with Crippen molar-refractivity contribution in [2.75, 3.05) is 7.11 Å². The fraction of sp³-hybridized carbons (Fsp3) is 0.308. The van der Waals surface area contributed by atoms with Crippen molar-refractivity contribution < 1.29 is 14.9 Å². The molecule has 4 nitrogen and oxygen atoms in total. The number of hydrogen-bond acceptors (Lipinski definition) is 4. The van der Waals surface area contributed by atoms with Gasteiger partial charge in [-0.3, -0.25) is 0 Å². The Bertz CT molecular complexity index is 439. The Hall–Kier alpha value is -1.83. The number of hydrogen-bond donors (Lipinski definition) is 1. The molecular formula is C13H15NO3. The Labute approximate surface area is 101 Å². The zero-order valence-corrected chi connectivity index (χ0v) is 10.1. The first kappa shape index (κ1) is 13.2. The first-order valence-corrected chi connectivity index (χ1v) is 5.20. The molecule has 1 aromatic rings. The molecular weight excluding hydrogens is 218 g/mol. The molecule has 1 aromatic carbocycles. The summed E-state index contributed by atoms with van der Waals surface area (Å²) < 4.78 is 0. The molecule has 0 aliphatic carbocycles. The summed E-state index contributed by atoms with van der Waals surface area (Å²) in [6.45, 7) is 3.36. The minimum Gasteiger partial charge on any atom is -0.512 e. The van der Waals surface area contributed by atoms with Crippen molar-refractivity contribution in [2.24, 2.45) is 0 Å². The highest BCUT2D eigenvalue weighted by Gasteiger charge is 2.15. The van der Waals surface area contributed by atoms with Gasteiger partial charge in [0.2, 0.25) is 0 Å². The maximum absolute atomic E-state index is 9.67. The van der Waals surface area contributed by atoms with Crippen molar-refractivity contribution in [3.63, 3.8) is 0 Å². The maximum atomic E-state index is 9.67. The van der Waals surface area contributed by atoms with Crippen molar-refractivity contribution in [3.8, 4) is 6.07 Å². The molecule has 0 aliphatic rings. The Morgan fingerprint density at radius 1 is 1.35 bits per heavy atom. The van der Waals surface area contributed by atoms with E-state index in [9.17, 15) is 5.11 Å². The minimum atomic E-state index is -0.391. The molecule has 1 N–H and O–H groups in total. The van der Waals surface area contributed by atoms with Gasteiger partial charge in [0.25, 0.3) is 0 Å². The largest absolute Gasteiger partial charge is 0.512 e. The van der Waals surface area contributed by atoms with Crippen LogP contribution in [-0.2, 0) is 9.78 Å². The monoisotopic (exact) mass is 233 g/mol. The van der Waals surface area contributed by atoms with E-state index in [0.717, 1.165) is 5.56 Å². The Balaban J connectivity index is 3.08. The number of aliphatic hydroxyl groups excluding tert-OH is 1. The number of aliphatic hydroxyl groups is 1. The van der Waals surface area contributed by atoms with Gasteiger partial charge in [-0.15, -0.1) is 0 Å². The molecule has 0 amide bonds. The Morgan fingerprint density at radius 3 is 2.35 bits per heavy atom. The normalized spacial score (nSPS) is 13.8. The van der Waals surface area contributed by atoms with Crippen LogP contribution in [0.3, 0.4) is 0 Å². The predicted molar refractivity (Wildman–Crippen MR) is 63.9 cm³/mol. The summed E-state index contributed by atoms with van der Waals surface area (Å²) in [5.74, 6) is 0.166. The molecule has 0 aromatic heterocycles. The number of allylic oxidation sites excluding steroid dienone is 1. The van der Waals surface area contributed by atoms with Crippen LogP contribution in [0.2, 0.25) is 0 Å². The summed E-state index contributed by atoms with van der Waals surface area (Å²) in [5.41, 5.74) is 2.01. The van der Waals surface area contributed by atoms with Gasteiger partial charge in [0.1, 0.15) is 6.10 Å². The second-order valence-corrected chi connectivity index (χ2v) is 3.59. The smallest absolute Gasteiger partial charge is 0.119 e. The Morgan fingerprint density at radius 2 is 1.94 bits per heavy atom. The van der Waals surface area contributed by atoms with Gasteiger partial charge < -0.3 is 5.11 Å². The lowest BCUT2D eigenvalue weighted by Gasteiger charge is -2.16. The van der Waals surface area contributed by atoms with Crippen molar-refractivity contribution in [3.05, 3.63) is 41.2 Å². The molecule has 0 bridgehead atoms. The van der Waals surface area contributed by atoms with Crippen LogP contribution in [0.1, 0.15) is 25.0 Å². The molecule has 0 heterocycles. The third kappa shape index (κ3) is 3.31. The molecule has 1 unspecified atom stereocenters. The molecule has 0 saturated heterocycles. The molecule has 90 valence electrons. The van der Waals surface area contributed by atoms with Crippen LogP contribution in [0.15, 0.2) is 30.0 Å². The number of nitriles is 1. The predicted octanol–water partition coefficient (Wildman–Crippen LogP) is 2.81. The summed E-state index contributed by atoms with van der Waals surface area (Å²) in [5, 5.41) is 18.4. The van der Waals surface area contributed by atoms with Gasteiger partial charge in [0.15, 0.2) is 0 Å². The average Bonchev–Trinajstić information content (AvgIpc) is 2.30. The summed E-state index contributed by atoms with van der Waals surface area (Å²) in [6.07, 6.45) is -0.391. The van der Waals surface area contributed by atoms with Gasteiger partial charge in [-0.25, -0.2) is 9.78 Å². The lowest BCUT2D eigenvalue weighted by Crippen LogP contribution is -2.11. The minimum absolute atomic E-state index is 0.166. The number of rotatable bonds is 4.